The van der Waals surface area contributed by atoms with E-state index in [9.17, 15) is 9.59 Å². The van der Waals surface area contributed by atoms with E-state index in [0.717, 1.165) is 19.3 Å². The summed E-state index contributed by atoms with van der Waals surface area (Å²) in [6.45, 7) is 4.48. The minimum absolute atomic E-state index is 0.0359. The molecule has 0 bridgehead atoms. The molecule has 3 atom stereocenters. The molecule has 0 aromatic carbocycles. The van der Waals surface area contributed by atoms with E-state index in [0.29, 0.717) is 22.7 Å². The molecule has 2 fully saturated rings. The smallest absolute Gasteiger partial charge is 0.344 e. The fourth-order valence-corrected chi connectivity index (χ4v) is 4.04. The normalized spacial score (nSPS) is 28.5. The van der Waals surface area contributed by atoms with Crippen molar-refractivity contribution in [2.75, 3.05) is 5.75 Å². The van der Waals surface area contributed by atoms with E-state index in [-0.39, 0.29) is 23.7 Å². The summed E-state index contributed by atoms with van der Waals surface area (Å²) in [4.78, 5) is 23.9. The first-order valence-corrected chi connectivity index (χ1v) is 9.14. The lowest BCUT2D eigenvalue weighted by Crippen LogP contribution is -2.44. The highest BCUT2D eigenvalue weighted by Crippen LogP contribution is 2.36. The molecule has 1 amide bonds. The zero-order chi connectivity index (χ0) is 15.7. The number of hydrogen-bond donors (Lipinski definition) is 2. The molecule has 0 aliphatic heterocycles. The Hall–Kier alpha value is -1.24. The molecular formula is C15H24N4O2S. The lowest BCUT2D eigenvalue weighted by molar-refractivity contribution is -0.120. The van der Waals surface area contributed by atoms with Crippen molar-refractivity contribution >= 4 is 17.7 Å². The number of nitrogens with zero attached hydrogens (tertiary/aromatic N) is 2. The summed E-state index contributed by atoms with van der Waals surface area (Å²) < 4.78 is 1.68. The average Bonchev–Trinajstić information content (AvgIpc) is 3.25. The molecule has 2 saturated carbocycles. The van der Waals surface area contributed by atoms with Gasteiger partial charge in [0.2, 0.25) is 5.91 Å². The summed E-state index contributed by atoms with van der Waals surface area (Å²) in [5, 5.41) is 10.3. The zero-order valence-corrected chi connectivity index (χ0v) is 14.0. The zero-order valence-electron chi connectivity index (χ0n) is 13.2. The molecule has 22 heavy (non-hydrogen) atoms. The van der Waals surface area contributed by atoms with Crippen LogP contribution in [-0.4, -0.2) is 32.5 Å². The van der Waals surface area contributed by atoms with Gasteiger partial charge in [0.15, 0.2) is 5.16 Å². The topological polar surface area (TPSA) is 79.8 Å². The first kappa shape index (κ1) is 15.6. The third-order valence-corrected chi connectivity index (χ3v) is 5.92. The minimum Gasteiger partial charge on any atom is -0.352 e. The van der Waals surface area contributed by atoms with Crippen LogP contribution in [0.5, 0.6) is 0 Å². The van der Waals surface area contributed by atoms with Gasteiger partial charge >= 0.3 is 5.69 Å². The number of aromatic nitrogens is 3. The van der Waals surface area contributed by atoms with Crippen molar-refractivity contribution < 1.29 is 4.79 Å². The number of aromatic amines is 1. The van der Waals surface area contributed by atoms with E-state index in [2.05, 4.69) is 29.4 Å². The van der Waals surface area contributed by atoms with Crippen LogP contribution in [0.1, 0.15) is 52.0 Å². The van der Waals surface area contributed by atoms with Gasteiger partial charge in [0.25, 0.3) is 0 Å². The van der Waals surface area contributed by atoms with Crippen molar-refractivity contribution in [3.63, 3.8) is 0 Å². The Balaban J connectivity index is 1.53. The minimum atomic E-state index is -0.167. The van der Waals surface area contributed by atoms with E-state index in [1.807, 2.05) is 0 Å². The maximum atomic E-state index is 12.2. The van der Waals surface area contributed by atoms with Gasteiger partial charge in [-0.25, -0.2) is 9.89 Å². The van der Waals surface area contributed by atoms with Crippen molar-refractivity contribution in [1.82, 2.24) is 20.1 Å². The summed E-state index contributed by atoms with van der Waals surface area (Å²) in [7, 11) is 0. The average molecular weight is 324 g/mol. The quantitative estimate of drug-likeness (QED) is 0.811. The largest absolute Gasteiger partial charge is 0.352 e. The summed E-state index contributed by atoms with van der Waals surface area (Å²) in [6.07, 6.45) is 5.55. The Bertz CT molecular complexity index is 593. The summed E-state index contributed by atoms with van der Waals surface area (Å²) in [5.74, 6) is 1.54. The molecule has 0 unspecified atom stereocenters. The van der Waals surface area contributed by atoms with Gasteiger partial charge in [0.1, 0.15) is 0 Å². The Labute approximate surface area is 134 Å². The molecule has 6 nitrogen and oxygen atoms in total. The van der Waals surface area contributed by atoms with Crippen LogP contribution in [0.15, 0.2) is 9.95 Å². The van der Waals surface area contributed by atoms with Crippen LogP contribution in [-0.2, 0) is 4.79 Å². The Kier molecular flexibility index (Phi) is 4.61. The van der Waals surface area contributed by atoms with Crippen molar-refractivity contribution in [1.29, 1.82) is 0 Å². The number of amides is 1. The molecule has 1 aromatic rings. The van der Waals surface area contributed by atoms with E-state index >= 15 is 0 Å². The molecule has 3 rings (SSSR count). The number of carbonyl (C=O) groups is 1. The molecule has 0 radical (unpaired) electrons. The maximum absolute atomic E-state index is 12.2. The van der Waals surface area contributed by atoms with Gasteiger partial charge in [-0.3, -0.25) is 9.36 Å². The molecule has 7 heteroatoms. The third-order valence-electron chi connectivity index (χ3n) is 4.97. The molecule has 2 aliphatic rings. The van der Waals surface area contributed by atoms with E-state index < -0.39 is 0 Å². The Morgan fingerprint density at radius 3 is 2.86 bits per heavy atom. The van der Waals surface area contributed by atoms with Crippen molar-refractivity contribution in [2.24, 2.45) is 11.8 Å². The van der Waals surface area contributed by atoms with Crippen LogP contribution in [0.2, 0.25) is 0 Å². The number of thioether (sulfide) groups is 1. The Morgan fingerprint density at radius 1 is 1.36 bits per heavy atom. The van der Waals surface area contributed by atoms with E-state index in [1.54, 1.807) is 4.57 Å². The maximum Gasteiger partial charge on any atom is 0.344 e. The van der Waals surface area contributed by atoms with Crippen LogP contribution in [0.25, 0.3) is 0 Å². The van der Waals surface area contributed by atoms with Crippen LogP contribution in [0, 0.1) is 11.8 Å². The lowest BCUT2D eigenvalue weighted by atomic mass is 9.78. The molecular weight excluding hydrogens is 300 g/mol. The van der Waals surface area contributed by atoms with Gasteiger partial charge in [-0.05, 0) is 31.1 Å². The van der Waals surface area contributed by atoms with Crippen LogP contribution in [0.4, 0.5) is 0 Å². The predicted octanol–water partition coefficient (Wildman–Crippen LogP) is 1.94. The highest BCUT2D eigenvalue weighted by molar-refractivity contribution is 7.99. The van der Waals surface area contributed by atoms with Gasteiger partial charge in [-0.15, -0.1) is 5.10 Å². The van der Waals surface area contributed by atoms with Crippen LogP contribution in [0.3, 0.4) is 0 Å². The van der Waals surface area contributed by atoms with Gasteiger partial charge in [0.05, 0.1) is 5.75 Å². The van der Waals surface area contributed by atoms with Crippen LogP contribution >= 0.6 is 11.8 Å². The summed E-state index contributed by atoms with van der Waals surface area (Å²) in [6, 6.07) is 0.553. The predicted molar refractivity (Wildman–Crippen MR) is 86.0 cm³/mol. The highest BCUT2D eigenvalue weighted by Gasteiger charge is 2.30. The SMILES string of the molecule is C[C@@H]1[C@H](C)CCC[C@H]1NC(=O)CSc1n[nH]c(=O)n1C1CC1. The second-order valence-corrected chi connectivity index (χ2v) is 7.58. The number of nitrogens with one attached hydrogen (secondary N) is 2. The third kappa shape index (κ3) is 3.39. The molecule has 2 aliphatic carbocycles. The van der Waals surface area contributed by atoms with E-state index in [4.69, 9.17) is 0 Å². The van der Waals surface area contributed by atoms with Gasteiger partial charge in [-0.1, -0.05) is 38.5 Å². The fraction of sp³-hybridized carbons (Fsp3) is 0.800. The van der Waals surface area contributed by atoms with Crippen molar-refractivity contribution in [3.05, 3.63) is 10.5 Å². The molecule has 0 saturated heterocycles. The molecule has 2 N–H and O–H groups in total. The fourth-order valence-electron chi connectivity index (χ4n) is 3.21. The first-order chi connectivity index (χ1) is 10.6. The van der Waals surface area contributed by atoms with Crippen LogP contribution < -0.4 is 11.0 Å². The number of H-pyrrole nitrogens is 1. The lowest BCUT2D eigenvalue weighted by Gasteiger charge is -2.34. The molecule has 122 valence electrons. The molecule has 1 heterocycles. The molecule has 0 spiro atoms. The van der Waals surface area contributed by atoms with Gasteiger partial charge in [-0.2, -0.15) is 0 Å². The Morgan fingerprint density at radius 2 is 2.14 bits per heavy atom. The first-order valence-electron chi connectivity index (χ1n) is 8.15. The van der Waals surface area contributed by atoms with Gasteiger partial charge < -0.3 is 5.32 Å². The summed E-state index contributed by atoms with van der Waals surface area (Å²) >= 11 is 1.34. The summed E-state index contributed by atoms with van der Waals surface area (Å²) in [5.41, 5.74) is -0.167. The highest BCUT2D eigenvalue weighted by atomic mass is 32.2. The molecule has 1 aromatic heterocycles. The number of rotatable bonds is 5. The second kappa shape index (κ2) is 6.48. The number of carbonyl (C=O) groups excluding carboxylic acids is 1. The van der Waals surface area contributed by atoms with Gasteiger partial charge in [0, 0.05) is 12.1 Å². The van der Waals surface area contributed by atoms with E-state index in [1.165, 1.54) is 24.6 Å². The second-order valence-electron chi connectivity index (χ2n) is 6.64. The monoisotopic (exact) mass is 324 g/mol. The van der Waals surface area contributed by atoms with Crippen molar-refractivity contribution in [2.45, 2.75) is 63.2 Å². The van der Waals surface area contributed by atoms with Crippen molar-refractivity contribution in [3.8, 4) is 0 Å². The standard InChI is InChI=1S/C15H24N4O2S/c1-9-4-3-5-12(10(9)2)16-13(20)8-22-15-18-17-14(21)19(15)11-6-7-11/h9-12H,3-8H2,1-2H3,(H,16,20)(H,17,21)/t9-,10-,12-/m1/s1. The number of hydrogen-bond acceptors (Lipinski definition) is 4.